The van der Waals surface area contributed by atoms with Crippen LogP contribution in [0.25, 0.3) is 5.69 Å². The number of nitrogens with zero attached hydrogens (tertiary/aromatic N) is 3. The molecule has 0 radical (unpaired) electrons. The maximum atomic E-state index is 13.2. The van der Waals surface area contributed by atoms with Crippen LogP contribution in [0, 0.1) is 6.92 Å². The van der Waals surface area contributed by atoms with Crippen molar-refractivity contribution in [3.63, 3.8) is 0 Å². The number of hydrogen-bond acceptors (Lipinski definition) is 5. The van der Waals surface area contributed by atoms with E-state index in [9.17, 15) is 18.0 Å². The molecule has 0 saturated heterocycles. The number of hydrogen-bond donors (Lipinski definition) is 4. The Balaban J connectivity index is 1.72. The van der Waals surface area contributed by atoms with E-state index >= 15 is 0 Å². The third kappa shape index (κ3) is 5.89. The summed E-state index contributed by atoms with van der Waals surface area (Å²) < 4.78 is 40.8. The highest BCUT2D eigenvalue weighted by Crippen LogP contribution is 2.30. The smallest absolute Gasteiger partial charge is 0.395 e. The molecular weight excluding hydrogens is 449 g/mol. The van der Waals surface area contributed by atoms with E-state index in [1.54, 1.807) is 37.3 Å². The third-order valence-corrected chi connectivity index (χ3v) is 4.75. The number of nitrogens with one attached hydrogen (secondary N) is 3. The largest absolute Gasteiger partial charge is 0.435 e. The van der Waals surface area contributed by atoms with Crippen LogP contribution in [0.15, 0.2) is 42.6 Å². The van der Waals surface area contributed by atoms with Gasteiger partial charge in [-0.15, -0.1) is 0 Å². The van der Waals surface area contributed by atoms with E-state index in [-0.39, 0.29) is 18.8 Å². The highest BCUT2D eigenvalue weighted by molar-refractivity contribution is 6.31. The summed E-state index contributed by atoms with van der Waals surface area (Å²) in [5.41, 5.74) is 0.507. The van der Waals surface area contributed by atoms with E-state index in [0.29, 0.717) is 34.3 Å². The molecule has 1 aromatic carbocycles. The number of urea groups is 1. The second-order valence-corrected chi connectivity index (χ2v) is 7.16. The Hall–Kier alpha value is -3.31. The SMILES string of the molecule is Cc1cc(-n2nc(C(F)(F)F)cc2CNC(=O)Nc2ccc(NCCO)nc2)ccc1Cl. The molecule has 2 amide bonds. The molecule has 12 heteroatoms. The fourth-order valence-corrected chi connectivity index (χ4v) is 2.89. The van der Waals surface area contributed by atoms with Crippen molar-refractivity contribution in [3.8, 4) is 5.69 Å². The van der Waals surface area contributed by atoms with Crippen LogP contribution in [-0.4, -0.2) is 39.1 Å². The quantitative estimate of drug-likeness (QED) is 0.420. The monoisotopic (exact) mass is 468 g/mol. The van der Waals surface area contributed by atoms with E-state index < -0.39 is 17.9 Å². The topological polar surface area (TPSA) is 104 Å². The Morgan fingerprint density at radius 2 is 2.00 bits per heavy atom. The number of alkyl halides is 3. The van der Waals surface area contributed by atoms with E-state index in [1.807, 2.05) is 0 Å². The molecular formula is C20H20ClF3N6O2. The van der Waals surface area contributed by atoms with Crippen LogP contribution in [0.3, 0.4) is 0 Å². The van der Waals surface area contributed by atoms with Gasteiger partial charge in [0, 0.05) is 11.6 Å². The van der Waals surface area contributed by atoms with Gasteiger partial charge in [0.1, 0.15) is 5.82 Å². The molecule has 3 rings (SSSR count). The van der Waals surface area contributed by atoms with E-state index in [4.69, 9.17) is 16.7 Å². The van der Waals surface area contributed by atoms with Gasteiger partial charge < -0.3 is 21.1 Å². The summed E-state index contributed by atoms with van der Waals surface area (Å²) in [6.45, 7) is 1.80. The molecule has 0 unspecified atom stereocenters. The average molecular weight is 469 g/mol. The summed E-state index contributed by atoms with van der Waals surface area (Å²) in [5, 5.41) is 20.9. The molecule has 0 aliphatic carbocycles. The number of halogens is 4. The maximum Gasteiger partial charge on any atom is 0.435 e. The molecule has 0 spiro atoms. The van der Waals surface area contributed by atoms with E-state index in [2.05, 4.69) is 26.0 Å². The maximum absolute atomic E-state index is 13.2. The predicted octanol–water partition coefficient (Wildman–Crippen LogP) is 3.97. The lowest BCUT2D eigenvalue weighted by molar-refractivity contribution is -0.141. The minimum atomic E-state index is -4.64. The van der Waals surface area contributed by atoms with Gasteiger partial charge in [-0.2, -0.15) is 18.3 Å². The van der Waals surface area contributed by atoms with Crippen molar-refractivity contribution in [1.29, 1.82) is 0 Å². The number of aliphatic hydroxyl groups is 1. The van der Waals surface area contributed by atoms with Gasteiger partial charge in [0.25, 0.3) is 0 Å². The van der Waals surface area contributed by atoms with Gasteiger partial charge in [-0.25, -0.2) is 14.5 Å². The van der Waals surface area contributed by atoms with Gasteiger partial charge in [0.05, 0.1) is 36.4 Å². The van der Waals surface area contributed by atoms with Crippen molar-refractivity contribution in [3.05, 3.63) is 64.6 Å². The molecule has 8 nitrogen and oxygen atoms in total. The molecule has 0 atom stereocenters. The Labute approximate surface area is 186 Å². The lowest BCUT2D eigenvalue weighted by atomic mass is 10.2. The van der Waals surface area contributed by atoms with Crippen LogP contribution < -0.4 is 16.0 Å². The summed E-state index contributed by atoms with van der Waals surface area (Å²) in [4.78, 5) is 16.3. The number of aryl methyl sites for hydroxylation is 1. The number of aromatic nitrogens is 3. The number of amides is 2. The molecule has 0 fully saturated rings. The van der Waals surface area contributed by atoms with Crippen LogP contribution in [0.5, 0.6) is 0 Å². The van der Waals surface area contributed by atoms with Gasteiger partial charge in [-0.05, 0) is 48.9 Å². The Morgan fingerprint density at radius 1 is 1.22 bits per heavy atom. The number of aliphatic hydroxyl groups excluding tert-OH is 1. The van der Waals surface area contributed by atoms with Crippen molar-refractivity contribution in [2.45, 2.75) is 19.6 Å². The predicted molar refractivity (Wildman–Crippen MR) is 114 cm³/mol. The van der Waals surface area contributed by atoms with E-state index in [1.165, 1.54) is 6.20 Å². The van der Waals surface area contributed by atoms with Crippen LogP contribution in [-0.2, 0) is 12.7 Å². The number of carbonyl (C=O) groups is 1. The first-order valence-electron chi connectivity index (χ1n) is 9.45. The van der Waals surface area contributed by atoms with Crippen molar-refractivity contribution in [2.24, 2.45) is 0 Å². The van der Waals surface area contributed by atoms with Gasteiger partial charge in [-0.3, -0.25) is 0 Å². The van der Waals surface area contributed by atoms with Crippen LogP contribution in [0.2, 0.25) is 5.02 Å². The number of carbonyl (C=O) groups excluding carboxylic acids is 1. The third-order valence-electron chi connectivity index (χ3n) is 4.33. The van der Waals surface area contributed by atoms with Crippen molar-refractivity contribution in [1.82, 2.24) is 20.1 Å². The summed E-state index contributed by atoms with van der Waals surface area (Å²) in [6.07, 6.45) is -3.23. The molecule has 2 aromatic heterocycles. The Kier molecular flexibility index (Phi) is 7.21. The van der Waals surface area contributed by atoms with Crippen LogP contribution in [0.4, 0.5) is 29.5 Å². The highest BCUT2D eigenvalue weighted by Gasteiger charge is 2.35. The Bertz CT molecular complexity index is 1090. The minimum Gasteiger partial charge on any atom is -0.395 e. The van der Waals surface area contributed by atoms with Crippen LogP contribution >= 0.6 is 11.6 Å². The number of benzene rings is 1. The van der Waals surface area contributed by atoms with Crippen LogP contribution in [0.1, 0.15) is 17.0 Å². The molecule has 0 aliphatic rings. The van der Waals surface area contributed by atoms with Gasteiger partial charge in [0.15, 0.2) is 5.69 Å². The first kappa shape index (κ1) is 23.4. The summed E-state index contributed by atoms with van der Waals surface area (Å²) in [6, 6.07) is 8.18. The van der Waals surface area contributed by atoms with Crippen molar-refractivity contribution >= 4 is 29.1 Å². The highest BCUT2D eigenvalue weighted by atomic mass is 35.5. The van der Waals surface area contributed by atoms with Gasteiger partial charge >= 0.3 is 12.2 Å². The fourth-order valence-electron chi connectivity index (χ4n) is 2.77. The summed E-state index contributed by atoms with van der Waals surface area (Å²) in [5.74, 6) is 0.520. The van der Waals surface area contributed by atoms with E-state index in [0.717, 1.165) is 10.7 Å². The minimum absolute atomic E-state index is 0.0493. The number of rotatable bonds is 7. The zero-order valence-corrected chi connectivity index (χ0v) is 17.6. The molecule has 0 saturated carbocycles. The molecule has 0 bridgehead atoms. The standard InChI is InChI=1S/C20H20ClF3N6O2/c1-12-8-14(3-4-16(12)21)30-15(9-17(29-30)20(22,23)24)11-27-19(32)28-13-2-5-18(26-10-13)25-6-7-31/h2-5,8-10,31H,6-7,11H2,1H3,(H,25,26)(H2,27,28,32). The zero-order valence-electron chi connectivity index (χ0n) is 16.9. The van der Waals surface area contributed by atoms with Gasteiger partial charge in [0.2, 0.25) is 0 Å². The zero-order chi connectivity index (χ0) is 23.3. The molecule has 170 valence electrons. The lowest BCUT2D eigenvalue weighted by Crippen LogP contribution is -2.29. The van der Waals surface area contributed by atoms with Crippen molar-refractivity contribution in [2.75, 3.05) is 23.8 Å². The molecule has 2 heterocycles. The second kappa shape index (κ2) is 9.88. The molecule has 0 aliphatic heterocycles. The molecule has 3 aromatic rings. The number of anilines is 2. The molecule has 4 N–H and O–H groups in total. The number of pyridine rings is 1. The molecule has 32 heavy (non-hydrogen) atoms. The lowest BCUT2D eigenvalue weighted by Gasteiger charge is -2.11. The first-order valence-corrected chi connectivity index (χ1v) is 9.83. The van der Waals surface area contributed by atoms with Crippen molar-refractivity contribution < 1.29 is 23.1 Å². The first-order chi connectivity index (χ1) is 15.2. The van der Waals surface area contributed by atoms with Gasteiger partial charge in [-0.1, -0.05) is 11.6 Å². The Morgan fingerprint density at radius 3 is 2.62 bits per heavy atom. The summed E-state index contributed by atoms with van der Waals surface area (Å²) >= 11 is 6.01. The average Bonchev–Trinajstić information content (AvgIpc) is 3.19. The second-order valence-electron chi connectivity index (χ2n) is 6.75. The summed E-state index contributed by atoms with van der Waals surface area (Å²) in [7, 11) is 0. The fraction of sp³-hybridized carbons (Fsp3) is 0.250. The normalized spacial score (nSPS) is 11.3.